The van der Waals surface area contributed by atoms with Crippen LogP contribution in [0, 0.1) is 6.92 Å². The molecule has 3 heteroatoms. The zero-order valence-electron chi connectivity index (χ0n) is 10.2. The van der Waals surface area contributed by atoms with Gasteiger partial charge in [-0.3, -0.25) is 4.79 Å². The summed E-state index contributed by atoms with van der Waals surface area (Å²) in [7, 11) is 0. The number of nitrogens with one attached hydrogen (secondary N) is 1. The molecule has 2 aromatic rings. The number of carbonyl (C=O) groups excluding carboxylic acids is 1. The van der Waals surface area contributed by atoms with Crippen molar-refractivity contribution in [2.24, 2.45) is 0 Å². The molecular formula is C15H15NOS. The maximum absolute atomic E-state index is 12.0. The molecule has 0 unspecified atom stereocenters. The monoisotopic (exact) mass is 257 g/mol. The van der Waals surface area contributed by atoms with E-state index in [-0.39, 0.29) is 5.91 Å². The second-order valence-corrected chi connectivity index (χ2v) is 4.61. The van der Waals surface area contributed by atoms with Gasteiger partial charge in [0.25, 0.3) is 5.91 Å². The van der Waals surface area contributed by atoms with Gasteiger partial charge in [0.2, 0.25) is 0 Å². The highest BCUT2D eigenvalue weighted by molar-refractivity contribution is 7.80. The molecule has 2 nitrogen and oxygen atoms in total. The number of rotatable bonds is 3. The van der Waals surface area contributed by atoms with E-state index in [4.69, 9.17) is 0 Å². The van der Waals surface area contributed by atoms with Crippen LogP contribution in [0.3, 0.4) is 0 Å². The second kappa shape index (κ2) is 5.74. The Morgan fingerprint density at radius 3 is 2.50 bits per heavy atom. The molecule has 0 aromatic heterocycles. The number of hydrogen-bond donors (Lipinski definition) is 2. The zero-order chi connectivity index (χ0) is 13.0. The van der Waals surface area contributed by atoms with Crippen molar-refractivity contribution in [3.8, 4) is 0 Å². The standard InChI is InChI=1S/C15H15NOS/c1-11-6-2-3-7-12(11)10-16-15(17)13-8-4-5-9-14(13)18/h2-9,18H,10H2,1H3,(H,16,17). The van der Waals surface area contributed by atoms with Crippen molar-refractivity contribution in [3.63, 3.8) is 0 Å². The Labute approximate surface area is 112 Å². The Balaban J connectivity index is 2.06. The molecule has 0 atom stereocenters. The topological polar surface area (TPSA) is 29.1 Å². The van der Waals surface area contributed by atoms with Crippen LogP contribution in [0.2, 0.25) is 0 Å². The van der Waals surface area contributed by atoms with Crippen molar-refractivity contribution in [2.75, 3.05) is 0 Å². The van der Waals surface area contributed by atoms with Crippen LogP contribution >= 0.6 is 12.6 Å². The van der Waals surface area contributed by atoms with Crippen molar-refractivity contribution < 1.29 is 4.79 Å². The Morgan fingerprint density at radius 2 is 1.78 bits per heavy atom. The van der Waals surface area contributed by atoms with Crippen LogP contribution in [-0.2, 0) is 6.54 Å². The van der Waals surface area contributed by atoms with Gasteiger partial charge in [-0.1, -0.05) is 36.4 Å². The summed E-state index contributed by atoms with van der Waals surface area (Å²) in [6.07, 6.45) is 0. The highest BCUT2D eigenvalue weighted by atomic mass is 32.1. The molecule has 0 spiro atoms. The van der Waals surface area contributed by atoms with E-state index in [9.17, 15) is 4.79 Å². The molecule has 0 aliphatic heterocycles. The van der Waals surface area contributed by atoms with Gasteiger partial charge in [0.15, 0.2) is 0 Å². The predicted molar refractivity (Wildman–Crippen MR) is 76.0 cm³/mol. The van der Waals surface area contributed by atoms with Crippen LogP contribution in [-0.4, -0.2) is 5.91 Å². The van der Waals surface area contributed by atoms with Crippen molar-refractivity contribution in [2.45, 2.75) is 18.4 Å². The molecule has 1 N–H and O–H groups in total. The van der Waals surface area contributed by atoms with Crippen molar-refractivity contribution in [3.05, 3.63) is 65.2 Å². The first-order chi connectivity index (χ1) is 8.68. The average molecular weight is 257 g/mol. The average Bonchev–Trinajstić information content (AvgIpc) is 2.38. The predicted octanol–water partition coefficient (Wildman–Crippen LogP) is 3.21. The molecule has 92 valence electrons. The van der Waals surface area contributed by atoms with Crippen LogP contribution in [0.5, 0.6) is 0 Å². The number of aryl methyl sites for hydroxylation is 1. The lowest BCUT2D eigenvalue weighted by Crippen LogP contribution is -2.23. The molecule has 18 heavy (non-hydrogen) atoms. The minimum absolute atomic E-state index is 0.0937. The first kappa shape index (κ1) is 12.7. The Kier molecular flexibility index (Phi) is 4.05. The van der Waals surface area contributed by atoms with Crippen LogP contribution < -0.4 is 5.32 Å². The number of carbonyl (C=O) groups is 1. The second-order valence-electron chi connectivity index (χ2n) is 4.13. The Bertz CT molecular complexity index is 566. The van der Waals surface area contributed by atoms with Crippen LogP contribution in [0.1, 0.15) is 21.5 Å². The van der Waals surface area contributed by atoms with E-state index in [0.29, 0.717) is 17.0 Å². The van der Waals surface area contributed by atoms with Gasteiger partial charge >= 0.3 is 0 Å². The van der Waals surface area contributed by atoms with Gasteiger partial charge in [-0.05, 0) is 30.2 Å². The van der Waals surface area contributed by atoms with E-state index in [0.717, 1.165) is 5.56 Å². The van der Waals surface area contributed by atoms with Gasteiger partial charge in [0.05, 0.1) is 5.56 Å². The molecule has 0 radical (unpaired) electrons. The van der Waals surface area contributed by atoms with Gasteiger partial charge < -0.3 is 5.32 Å². The molecule has 0 saturated heterocycles. The largest absolute Gasteiger partial charge is 0.348 e. The van der Waals surface area contributed by atoms with E-state index in [2.05, 4.69) is 17.9 Å². The van der Waals surface area contributed by atoms with Gasteiger partial charge in [-0.2, -0.15) is 0 Å². The number of benzene rings is 2. The summed E-state index contributed by atoms with van der Waals surface area (Å²) in [6, 6.07) is 15.3. The summed E-state index contributed by atoms with van der Waals surface area (Å²) in [5, 5.41) is 2.91. The first-order valence-corrected chi connectivity index (χ1v) is 6.24. The van der Waals surface area contributed by atoms with Crippen molar-refractivity contribution in [1.29, 1.82) is 0 Å². The molecule has 0 saturated carbocycles. The summed E-state index contributed by atoms with van der Waals surface area (Å²) in [5.41, 5.74) is 2.91. The fourth-order valence-electron chi connectivity index (χ4n) is 1.74. The fourth-order valence-corrected chi connectivity index (χ4v) is 2.01. The summed E-state index contributed by atoms with van der Waals surface area (Å²) >= 11 is 4.28. The number of amides is 1. The Morgan fingerprint density at radius 1 is 1.11 bits per heavy atom. The van der Waals surface area contributed by atoms with Crippen LogP contribution in [0.15, 0.2) is 53.4 Å². The van der Waals surface area contributed by atoms with E-state index in [1.165, 1.54) is 5.56 Å². The van der Waals surface area contributed by atoms with Gasteiger partial charge in [-0.25, -0.2) is 0 Å². The third-order valence-electron chi connectivity index (χ3n) is 2.85. The molecule has 2 aromatic carbocycles. The normalized spacial score (nSPS) is 10.1. The maximum Gasteiger partial charge on any atom is 0.252 e. The third kappa shape index (κ3) is 2.93. The zero-order valence-corrected chi connectivity index (χ0v) is 11.1. The lowest BCUT2D eigenvalue weighted by Gasteiger charge is -2.09. The lowest BCUT2D eigenvalue weighted by molar-refractivity contribution is 0.0948. The molecule has 0 aliphatic carbocycles. The molecule has 0 heterocycles. The van der Waals surface area contributed by atoms with Gasteiger partial charge in [-0.15, -0.1) is 12.6 Å². The van der Waals surface area contributed by atoms with Gasteiger partial charge in [0, 0.05) is 11.4 Å². The quantitative estimate of drug-likeness (QED) is 0.812. The maximum atomic E-state index is 12.0. The summed E-state index contributed by atoms with van der Waals surface area (Å²) in [6.45, 7) is 2.57. The van der Waals surface area contributed by atoms with Crippen LogP contribution in [0.4, 0.5) is 0 Å². The van der Waals surface area contributed by atoms with E-state index in [1.54, 1.807) is 6.07 Å². The van der Waals surface area contributed by atoms with E-state index < -0.39 is 0 Å². The molecular weight excluding hydrogens is 242 g/mol. The third-order valence-corrected chi connectivity index (χ3v) is 3.24. The van der Waals surface area contributed by atoms with E-state index >= 15 is 0 Å². The highest BCUT2D eigenvalue weighted by Crippen LogP contribution is 2.13. The summed E-state index contributed by atoms with van der Waals surface area (Å²) in [5.74, 6) is -0.0937. The molecule has 0 aliphatic rings. The highest BCUT2D eigenvalue weighted by Gasteiger charge is 2.08. The molecule has 1 amide bonds. The Hall–Kier alpha value is -1.74. The lowest BCUT2D eigenvalue weighted by atomic mass is 10.1. The summed E-state index contributed by atoms with van der Waals surface area (Å²) < 4.78 is 0. The summed E-state index contributed by atoms with van der Waals surface area (Å²) in [4.78, 5) is 12.7. The van der Waals surface area contributed by atoms with Gasteiger partial charge in [0.1, 0.15) is 0 Å². The molecule has 0 bridgehead atoms. The molecule has 0 fully saturated rings. The first-order valence-electron chi connectivity index (χ1n) is 5.79. The van der Waals surface area contributed by atoms with E-state index in [1.807, 2.05) is 49.4 Å². The van der Waals surface area contributed by atoms with Crippen molar-refractivity contribution in [1.82, 2.24) is 5.32 Å². The SMILES string of the molecule is Cc1ccccc1CNC(=O)c1ccccc1S. The molecule has 2 rings (SSSR count). The fraction of sp³-hybridized carbons (Fsp3) is 0.133. The number of hydrogen-bond acceptors (Lipinski definition) is 2. The van der Waals surface area contributed by atoms with Crippen molar-refractivity contribution >= 4 is 18.5 Å². The smallest absolute Gasteiger partial charge is 0.252 e. The minimum atomic E-state index is -0.0937. The minimum Gasteiger partial charge on any atom is -0.348 e. The van der Waals surface area contributed by atoms with Crippen LogP contribution in [0.25, 0.3) is 0 Å². The number of thiol groups is 1.